The van der Waals surface area contributed by atoms with E-state index in [1.54, 1.807) is 13.3 Å². The van der Waals surface area contributed by atoms with Crippen LogP contribution in [0.4, 0.5) is 0 Å². The zero-order chi connectivity index (χ0) is 24.7. The van der Waals surface area contributed by atoms with Gasteiger partial charge in [0, 0.05) is 11.6 Å². The monoisotopic (exact) mass is 494 g/mol. The van der Waals surface area contributed by atoms with Crippen LogP contribution in [0.15, 0.2) is 54.7 Å². The van der Waals surface area contributed by atoms with E-state index >= 15 is 0 Å². The average Bonchev–Trinajstić information content (AvgIpc) is 2.86. The molecule has 0 amide bonds. The van der Waals surface area contributed by atoms with E-state index in [0.29, 0.717) is 5.02 Å². The van der Waals surface area contributed by atoms with Crippen molar-refractivity contribution in [1.29, 1.82) is 0 Å². The Hall–Kier alpha value is -2.63. The van der Waals surface area contributed by atoms with Crippen LogP contribution >= 0.6 is 11.6 Å². The molecule has 1 aliphatic heterocycles. The van der Waals surface area contributed by atoms with E-state index in [1.807, 2.05) is 18.2 Å². The molecule has 0 unspecified atom stereocenters. The molecule has 2 aromatic carbocycles. The van der Waals surface area contributed by atoms with Gasteiger partial charge in [-0.15, -0.1) is 0 Å². The molecule has 35 heavy (non-hydrogen) atoms. The second-order valence-corrected chi connectivity index (χ2v) is 10.2. The van der Waals surface area contributed by atoms with Crippen LogP contribution in [0.2, 0.25) is 5.02 Å². The molecule has 4 rings (SSSR count). The van der Waals surface area contributed by atoms with Gasteiger partial charge in [-0.1, -0.05) is 41.9 Å². The smallest absolute Gasteiger partial charge is 0.303 e. The number of hydrogen-bond donors (Lipinski definition) is 1. The summed E-state index contributed by atoms with van der Waals surface area (Å²) >= 11 is 6.55. The van der Waals surface area contributed by atoms with Gasteiger partial charge in [0.1, 0.15) is 5.75 Å². The van der Waals surface area contributed by atoms with Crippen molar-refractivity contribution in [3.63, 3.8) is 0 Å². The molecule has 5 nitrogen and oxygen atoms in total. The number of carboxylic acid groups (broad SMARTS) is 1. The Bertz CT molecular complexity index is 1130. The van der Waals surface area contributed by atoms with Gasteiger partial charge in [-0.3, -0.25) is 9.78 Å². The fourth-order valence-electron chi connectivity index (χ4n) is 5.46. The molecule has 2 heterocycles. The highest BCUT2D eigenvalue weighted by Gasteiger charge is 2.36. The second-order valence-electron chi connectivity index (χ2n) is 9.82. The third kappa shape index (κ3) is 6.74. The van der Waals surface area contributed by atoms with Crippen LogP contribution in [0.3, 0.4) is 0 Å². The summed E-state index contributed by atoms with van der Waals surface area (Å²) in [6.07, 6.45) is 8.63. The number of hydrogen-bond acceptors (Lipinski definition) is 4. The van der Waals surface area contributed by atoms with E-state index in [9.17, 15) is 9.90 Å². The number of benzene rings is 2. The Morgan fingerprint density at radius 2 is 1.89 bits per heavy atom. The number of aromatic nitrogens is 1. The Morgan fingerprint density at radius 1 is 1.11 bits per heavy atom. The first-order valence-electron chi connectivity index (χ1n) is 12.6. The minimum atomic E-state index is -0.695. The quantitative estimate of drug-likeness (QED) is 0.333. The first-order chi connectivity index (χ1) is 17.0. The minimum absolute atomic E-state index is 0.144. The van der Waals surface area contributed by atoms with Crippen molar-refractivity contribution in [2.45, 2.75) is 51.4 Å². The lowest BCUT2D eigenvalue weighted by atomic mass is 9.72. The van der Waals surface area contributed by atoms with E-state index in [0.717, 1.165) is 86.8 Å². The summed E-state index contributed by atoms with van der Waals surface area (Å²) in [6.45, 7) is 3.01. The van der Waals surface area contributed by atoms with Crippen LogP contribution in [-0.2, 0) is 17.6 Å². The third-order valence-electron chi connectivity index (χ3n) is 7.49. The zero-order valence-corrected chi connectivity index (χ0v) is 21.3. The molecule has 1 aliphatic rings. The summed E-state index contributed by atoms with van der Waals surface area (Å²) in [6, 6.07) is 16.5. The number of rotatable bonds is 11. The van der Waals surface area contributed by atoms with Crippen molar-refractivity contribution in [2.24, 2.45) is 5.41 Å². The van der Waals surface area contributed by atoms with Gasteiger partial charge in [-0.25, -0.2) is 0 Å². The standard InChI is InChI=1S/C29H35ClN2O3/c1-35-23-11-12-27-25(19-23)24(26(30)21-31-27)10-5-13-29(20-28(33)34)14-17-32(18-15-29)16-6-9-22-7-3-2-4-8-22/h2-4,7-8,11-12,19,21H,5-6,9-10,13-18,20H2,1H3,(H,33,34). The SMILES string of the molecule is COc1ccc2ncc(Cl)c(CCCC3(CC(=O)O)CCN(CCCc4ccccc4)CC3)c2c1. The zero-order valence-electron chi connectivity index (χ0n) is 20.5. The van der Waals surface area contributed by atoms with Crippen molar-refractivity contribution in [3.8, 4) is 5.75 Å². The van der Waals surface area contributed by atoms with Crippen molar-refractivity contribution < 1.29 is 14.6 Å². The molecule has 0 atom stereocenters. The van der Waals surface area contributed by atoms with Gasteiger partial charge in [0.15, 0.2) is 0 Å². The minimum Gasteiger partial charge on any atom is -0.497 e. The molecule has 1 saturated heterocycles. The van der Waals surface area contributed by atoms with Crippen LogP contribution in [-0.4, -0.2) is 47.7 Å². The Balaban J connectivity index is 1.35. The van der Waals surface area contributed by atoms with Gasteiger partial charge in [0.2, 0.25) is 0 Å². The molecule has 0 saturated carbocycles. The van der Waals surface area contributed by atoms with Crippen LogP contribution < -0.4 is 4.74 Å². The number of aliphatic carboxylic acids is 1. The predicted octanol–water partition coefficient (Wildman–Crippen LogP) is 6.41. The van der Waals surface area contributed by atoms with E-state index < -0.39 is 5.97 Å². The number of nitrogens with zero attached hydrogens (tertiary/aromatic N) is 2. The second kappa shape index (κ2) is 11.9. The lowest BCUT2D eigenvalue weighted by Gasteiger charge is -2.41. The summed E-state index contributed by atoms with van der Waals surface area (Å²) < 4.78 is 5.40. The normalized spacial score (nSPS) is 15.8. The molecular formula is C29H35ClN2O3. The van der Waals surface area contributed by atoms with Gasteiger partial charge in [-0.2, -0.15) is 0 Å². The molecule has 3 aromatic rings. The molecule has 1 fully saturated rings. The molecule has 0 radical (unpaired) electrons. The van der Waals surface area contributed by atoms with E-state index in [-0.39, 0.29) is 11.8 Å². The first-order valence-corrected chi connectivity index (χ1v) is 12.9. The van der Waals surface area contributed by atoms with Crippen molar-refractivity contribution in [3.05, 3.63) is 70.9 Å². The van der Waals surface area contributed by atoms with Gasteiger partial charge >= 0.3 is 5.97 Å². The fourth-order valence-corrected chi connectivity index (χ4v) is 5.71. The molecule has 0 bridgehead atoms. The van der Waals surface area contributed by atoms with Crippen LogP contribution in [0, 0.1) is 5.41 Å². The Kier molecular flexibility index (Phi) is 8.64. The summed E-state index contributed by atoms with van der Waals surface area (Å²) in [5.41, 5.74) is 3.20. The maximum absolute atomic E-state index is 11.8. The van der Waals surface area contributed by atoms with E-state index in [2.05, 4.69) is 40.2 Å². The number of aryl methyl sites for hydroxylation is 2. The average molecular weight is 495 g/mol. The van der Waals surface area contributed by atoms with Crippen molar-refractivity contribution in [1.82, 2.24) is 9.88 Å². The first kappa shape index (κ1) is 25.5. The number of fused-ring (bicyclic) bond motifs is 1. The lowest BCUT2D eigenvalue weighted by Crippen LogP contribution is -2.41. The van der Waals surface area contributed by atoms with Crippen molar-refractivity contribution in [2.75, 3.05) is 26.7 Å². The molecule has 6 heteroatoms. The number of carbonyl (C=O) groups is 1. The molecule has 1 aromatic heterocycles. The molecule has 1 N–H and O–H groups in total. The summed E-state index contributed by atoms with van der Waals surface area (Å²) in [7, 11) is 1.66. The molecular weight excluding hydrogens is 460 g/mol. The van der Waals surface area contributed by atoms with Gasteiger partial charge < -0.3 is 14.7 Å². The highest BCUT2D eigenvalue weighted by atomic mass is 35.5. The van der Waals surface area contributed by atoms with E-state index in [1.165, 1.54) is 5.56 Å². The maximum Gasteiger partial charge on any atom is 0.303 e. The number of pyridine rings is 1. The molecule has 186 valence electrons. The van der Waals surface area contributed by atoms with E-state index in [4.69, 9.17) is 16.3 Å². The Labute approximate surface area is 213 Å². The lowest BCUT2D eigenvalue weighted by molar-refractivity contribution is -0.140. The number of halogens is 1. The van der Waals surface area contributed by atoms with Gasteiger partial charge in [0.25, 0.3) is 0 Å². The van der Waals surface area contributed by atoms with Gasteiger partial charge in [-0.05, 0) is 99.3 Å². The van der Waals surface area contributed by atoms with Gasteiger partial charge in [0.05, 0.1) is 24.1 Å². The number of methoxy groups -OCH3 is 1. The third-order valence-corrected chi connectivity index (χ3v) is 7.82. The van der Waals surface area contributed by atoms with Crippen molar-refractivity contribution >= 4 is 28.5 Å². The van der Waals surface area contributed by atoms with Crippen LogP contribution in [0.25, 0.3) is 10.9 Å². The topological polar surface area (TPSA) is 62.7 Å². The van der Waals surface area contributed by atoms with Crippen LogP contribution in [0.5, 0.6) is 5.75 Å². The largest absolute Gasteiger partial charge is 0.497 e. The summed E-state index contributed by atoms with van der Waals surface area (Å²) in [5, 5.41) is 11.3. The Morgan fingerprint density at radius 3 is 2.60 bits per heavy atom. The maximum atomic E-state index is 11.8. The summed E-state index contributed by atoms with van der Waals surface area (Å²) in [4.78, 5) is 18.7. The predicted molar refractivity (Wildman–Crippen MR) is 141 cm³/mol. The molecule has 0 aliphatic carbocycles. The number of piperidine rings is 1. The number of carboxylic acids is 1. The number of likely N-dealkylation sites (tertiary alicyclic amines) is 1. The molecule has 0 spiro atoms. The summed E-state index contributed by atoms with van der Waals surface area (Å²) in [5.74, 6) is 0.0875. The fraction of sp³-hybridized carbons (Fsp3) is 0.448. The van der Waals surface area contributed by atoms with Crippen LogP contribution in [0.1, 0.15) is 49.7 Å². The highest BCUT2D eigenvalue weighted by molar-refractivity contribution is 6.32. The highest BCUT2D eigenvalue weighted by Crippen LogP contribution is 2.40. The number of ether oxygens (including phenoxy) is 1.